The van der Waals surface area contributed by atoms with Crippen LogP contribution in [0.1, 0.15) is 5.56 Å². The van der Waals surface area contributed by atoms with Crippen LogP contribution in [0.3, 0.4) is 0 Å². The van der Waals surface area contributed by atoms with E-state index in [1.165, 1.54) is 6.07 Å². The van der Waals surface area contributed by atoms with Crippen molar-refractivity contribution in [3.05, 3.63) is 51.9 Å². The zero-order valence-corrected chi connectivity index (χ0v) is 10.7. The van der Waals surface area contributed by atoms with Gasteiger partial charge in [-0.15, -0.1) is 0 Å². The summed E-state index contributed by atoms with van der Waals surface area (Å²) in [4.78, 5) is 3.85. The summed E-state index contributed by atoms with van der Waals surface area (Å²) in [6, 6.07) is 7.56. The lowest BCUT2D eigenvalue weighted by Gasteiger charge is -2.12. The molecule has 5 heteroatoms. The molecule has 1 aromatic heterocycles. The summed E-state index contributed by atoms with van der Waals surface area (Å²) >= 11 is 1.73. The van der Waals surface area contributed by atoms with Crippen LogP contribution in [0.4, 0.5) is 13.2 Å². The highest BCUT2D eigenvalue weighted by molar-refractivity contribution is 14.1. The lowest BCUT2D eigenvalue weighted by Crippen LogP contribution is -2.08. The van der Waals surface area contributed by atoms with Crippen LogP contribution in [0.15, 0.2) is 42.7 Å². The number of rotatable bonds is 1. The van der Waals surface area contributed by atoms with Gasteiger partial charge in [0.15, 0.2) is 0 Å². The Morgan fingerprint density at radius 3 is 2.24 bits per heavy atom. The largest absolute Gasteiger partial charge is 0.417 e. The van der Waals surface area contributed by atoms with Crippen molar-refractivity contribution in [3.8, 4) is 11.1 Å². The Hall–Kier alpha value is -1.11. The molecule has 1 heterocycles. The lowest BCUT2D eigenvalue weighted by molar-refractivity contribution is -0.138. The van der Waals surface area contributed by atoms with E-state index in [1.54, 1.807) is 53.2 Å². The van der Waals surface area contributed by atoms with E-state index in [4.69, 9.17) is 0 Å². The molecule has 0 aliphatic carbocycles. The van der Waals surface area contributed by atoms with Crippen LogP contribution in [0, 0.1) is 3.57 Å². The van der Waals surface area contributed by atoms with Crippen molar-refractivity contribution in [2.24, 2.45) is 0 Å². The van der Waals surface area contributed by atoms with Crippen molar-refractivity contribution >= 4 is 22.6 Å². The second-order valence-electron chi connectivity index (χ2n) is 3.40. The molecular weight excluding hydrogens is 342 g/mol. The fourth-order valence-electron chi connectivity index (χ4n) is 1.51. The first-order valence-electron chi connectivity index (χ1n) is 4.76. The molecule has 0 saturated heterocycles. The Bertz CT molecular complexity index is 523. The molecule has 0 N–H and O–H groups in total. The number of nitrogens with zero attached hydrogens (tertiary/aromatic N) is 1. The summed E-state index contributed by atoms with van der Waals surface area (Å²) in [5.41, 5.74) is 0.700. The molecule has 0 fully saturated rings. The van der Waals surface area contributed by atoms with Crippen molar-refractivity contribution in [2.45, 2.75) is 6.18 Å². The molecule has 88 valence electrons. The first kappa shape index (κ1) is 12.3. The fourth-order valence-corrected chi connectivity index (χ4v) is 2.48. The Morgan fingerprint density at radius 1 is 1.00 bits per heavy atom. The summed E-state index contributed by atoms with van der Waals surface area (Å²) in [6.45, 7) is 0. The van der Waals surface area contributed by atoms with Crippen molar-refractivity contribution in [1.29, 1.82) is 0 Å². The van der Waals surface area contributed by atoms with E-state index in [0.29, 0.717) is 5.56 Å². The zero-order valence-electron chi connectivity index (χ0n) is 8.50. The molecule has 0 spiro atoms. The molecule has 0 amide bonds. The van der Waals surface area contributed by atoms with Crippen molar-refractivity contribution < 1.29 is 13.2 Å². The van der Waals surface area contributed by atoms with E-state index in [0.717, 1.165) is 11.6 Å². The summed E-state index contributed by atoms with van der Waals surface area (Å²) in [7, 11) is 0. The average Bonchev–Trinajstić information content (AvgIpc) is 2.29. The van der Waals surface area contributed by atoms with Gasteiger partial charge in [-0.3, -0.25) is 4.98 Å². The Morgan fingerprint density at radius 2 is 1.65 bits per heavy atom. The van der Waals surface area contributed by atoms with Crippen LogP contribution in [-0.4, -0.2) is 4.98 Å². The average molecular weight is 349 g/mol. The van der Waals surface area contributed by atoms with Gasteiger partial charge >= 0.3 is 6.18 Å². The zero-order chi connectivity index (χ0) is 12.5. The van der Waals surface area contributed by atoms with Crippen LogP contribution in [0.5, 0.6) is 0 Å². The molecule has 1 aromatic carbocycles. The van der Waals surface area contributed by atoms with E-state index in [2.05, 4.69) is 4.98 Å². The van der Waals surface area contributed by atoms with Gasteiger partial charge in [-0.05, 0) is 51.9 Å². The normalized spacial score (nSPS) is 11.5. The number of aromatic nitrogens is 1. The standard InChI is InChI=1S/C12H7F3IN/c13-12(14,15)10-3-1-2-9(11(10)16)8-4-6-17-7-5-8/h1-7H. The van der Waals surface area contributed by atoms with E-state index < -0.39 is 11.7 Å². The highest BCUT2D eigenvalue weighted by atomic mass is 127. The molecule has 2 rings (SSSR count). The molecule has 0 radical (unpaired) electrons. The van der Waals surface area contributed by atoms with Gasteiger partial charge in [-0.25, -0.2) is 0 Å². The van der Waals surface area contributed by atoms with E-state index in [-0.39, 0.29) is 3.57 Å². The van der Waals surface area contributed by atoms with Gasteiger partial charge in [0, 0.05) is 16.0 Å². The molecule has 0 bridgehead atoms. The third kappa shape index (κ3) is 2.59. The van der Waals surface area contributed by atoms with Gasteiger partial charge in [-0.1, -0.05) is 12.1 Å². The predicted molar refractivity (Wildman–Crippen MR) is 67.4 cm³/mol. The number of halogens is 4. The van der Waals surface area contributed by atoms with Gasteiger partial charge in [0.25, 0.3) is 0 Å². The monoisotopic (exact) mass is 349 g/mol. The van der Waals surface area contributed by atoms with Crippen molar-refractivity contribution in [1.82, 2.24) is 4.98 Å². The molecule has 1 nitrogen and oxygen atoms in total. The van der Waals surface area contributed by atoms with Gasteiger partial charge in [0.1, 0.15) is 0 Å². The number of alkyl halides is 3. The van der Waals surface area contributed by atoms with Gasteiger partial charge in [0.05, 0.1) is 5.56 Å². The summed E-state index contributed by atoms with van der Waals surface area (Å²) < 4.78 is 38.4. The molecule has 0 aliphatic heterocycles. The van der Waals surface area contributed by atoms with Crippen LogP contribution < -0.4 is 0 Å². The smallest absolute Gasteiger partial charge is 0.265 e. The van der Waals surface area contributed by atoms with Gasteiger partial charge in [-0.2, -0.15) is 13.2 Å². The Kier molecular flexibility index (Phi) is 3.37. The predicted octanol–water partition coefficient (Wildman–Crippen LogP) is 4.37. The molecule has 0 atom stereocenters. The molecule has 0 unspecified atom stereocenters. The maximum Gasteiger partial charge on any atom is 0.417 e. The first-order chi connectivity index (χ1) is 8.00. The number of hydrogen-bond acceptors (Lipinski definition) is 1. The highest BCUT2D eigenvalue weighted by Crippen LogP contribution is 2.37. The third-order valence-electron chi connectivity index (χ3n) is 2.30. The minimum Gasteiger partial charge on any atom is -0.265 e. The lowest BCUT2D eigenvalue weighted by atomic mass is 10.0. The second kappa shape index (κ2) is 4.64. The van der Waals surface area contributed by atoms with Crippen molar-refractivity contribution in [3.63, 3.8) is 0 Å². The second-order valence-corrected chi connectivity index (χ2v) is 4.48. The Balaban J connectivity index is 2.58. The van der Waals surface area contributed by atoms with Gasteiger partial charge < -0.3 is 0 Å². The third-order valence-corrected chi connectivity index (χ3v) is 3.46. The minimum absolute atomic E-state index is 0.212. The van der Waals surface area contributed by atoms with E-state index >= 15 is 0 Å². The summed E-state index contributed by atoms with van der Waals surface area (Å²) in [5, 5.41) is 0. The first-order valence-corrected chi connectivity index (χ1v) is 5.84. The number of hydrogen-bond donors (Lipinski definition) is 0. The van der Waals surface area contributed by atoms with Crippen LogP contribution >= 0.6 is 22.6 Å². The minimum atomic E-state index is -4.32. The Labute approximate surface area is 110 Å². The van der Waals surface area contributed by atoms with E-state index in [1.807, 2.05) is 0 Å². The van der Waals surface area contributed by atoms with Crippen LogP contribution in [0.25, 0.3) is 11.1 Å². The SMILES string of the molecule is FC(F)(F)c1cccc(-c2ccncc2)c1I. The van der Waals surface area contributed by atoms with Gasteiger partial charge in [0.2, 0.25) is 0 Å². The maximum atomic E-state index is 12.7. The molecule has 0 aliphatic rings. The quantitative estimate of drug-likeness (QED) is 0.697. The van der Waals surface area contributed by atoms with E-state index in [9.17, 15) is 13.2 Å². The molecule has 17 heavy (non-hydrogen) atoms. The maximum absolute atomic E-state index is 12.7. The fraction of sp³-hybridized carbons (Fsp3) is 0.0833. The molecule has 2 aromatic rings. The summed E-state index contributed by atoms with van der Waals surface area (Å²) in [6.07, 6.45) is -1.20. The summed E-state index contributed by atoms with van der Waals surface area (Å²) in [5.74, 6) is 0. The van der Waals surface area contributed by atoms with Crippen LogP contribution in [0.2, 0.25) is 0 Å². The van der Waals surface area contributed by atoms with Crippen LogP contribution in [-0.2, 0) is 6.18 Å². The highest BCUT2D eigenvalue weighted by Gasteiger charge is 2.33. The topological polar surface area (TPSA) is 12.9 Å². The molecule has 0 saturated carbocycles. The molecular formula is C12H7F3IN. The number of pyridine rings is 1. The van der Waals surface area contributed by atoms with Crippen molar-refractivity contribution in [2.75, 3.05) is 0 Å². The number of benzene rings is 1.